The Morgan fingerprint density at radius 2 is 2.08 bits per heavy atom. The minimum absolute atomic E-state index is 0.157. The van der Waals surface area contributed by atoms with Crippen LogP contribution < -0.4 is 10.6 Å². The van der Waals surface area contributed by atoms with Gasteiger partial charge in [0.15, 0.2) is 0 Å². The van der Waals surface area contributed by atoms with Crippen LogP contribution in [-0.4, -0.2) is 54.8 Å². The highest BCUT2D eigenvalue weighted by molar-refractivity contribution is 5.88. The minimum atomic E-state index is -0.157. The highest BCUT2D eigenvalue weighted by Gasteiger charge is 2.24. The summed E-state index contributed by atoms with van der Waals surface area (Å²) in [6, 6.07) is 3.97. The molecule has 3 rings (SSSR count). The Morgan fingerprint density at radius 3 is 2.75 bits per heavy atom. The van der Waals surface area contributed by atoms with Crippen molar-refractivity contribution in [2.24, 2.45) is 5.92 Å². The van der Waals surface area contributed by atoms with Crippen molar-refractivity contribution in [1.82, 2.24) is 15.2 Å². The molecule has 0 saturated carbocycles. The van der Waals surface area contributed by atoms with E-state index in [4.69, 9.17) is 4.74 Å². The number of carbonyl (C=O) groups is 1. The van der Waals surface area contributed by atoms with Gasteiger partial charge >= 0.3 is 6.03 Å². The molecule has 2 aliphatic rings. The van der Waals surface area contributed by atoms with E-state index in [1.54, 1.807) is 0 Å². The zero-order valence-corrected chi connectivity index (χ0v) is 14.7. The third-order valence-corrected chi connectivity index (χ3v) is 4.80. The summed E-state index contributed by atoms with van der Waals surface area (Å²) in [7, 11) is 0. The first-order valence-corrected chi connectivity index (χ1v) is 8.91. The van der Waals surface area contributed by atoms with Gasteiger partial charge in [0.05, 0.1) is 6.61 Å². The van der Waals surface area contributed by atoms with Crippen molar-refractivity contribution in [2.75, 3.05) is 38.2 Å². The Morgan fingerprint density at radius 1 is 1.29 bits per heavy atom. The van der Waals surface area contributed by atoms with Crippen LogP contribution in [0.15, 0.2) is 12.1 Å². The number of aromatic nitrogens is 1. The SMILES string of the molecule is Cc1cc(C)nc(NC(=O)NC2CCN(C[C@@H]3CCOC3)CC2)c1. The van der Waals surface area contributed by atoms with Crippen molar-refractivity contribution >= 4 is 11.8 Å². The quantitative estimate of drug-likeness (QED) is 0.888. The Kier molecular flexibility index (Phi) is 5.68. The number of pyridine rings is 1. The van der Waals surface area contributed by atoms with Crippen molar-refractivity contribution in [3.8, 4) is 0 Å². The molecule has 1 aromatic heterocycles. The Labute approximate surface area is 144 Å². The molecule has 0 aromatic carbocycles. The molecular formula is C18H28N4O2. The second kappa shape index (κ2) is 7.94. The third kappa shape index (κ3) is 4.92. The second-order valence-corrected chi connectivity index (χ2v) is 7.07. The molecule has 3 heterocycles. The molecule has 6 heteroatoms. The van der Waals surface area contributed by atoms with E-state index in [2.05, 4.69) is 20.5 Å². The molecule has 1 aromatic rings. The fourth-order valence-electron chi connectivity index (χ4n) is 3.60. The minimum Gasteiger partial charge on any atom is -0.381 e. The Bertz CT molecular complexity index is 544. The molecule has 1 atom stereocenters. The van der Waals surface area contributed by atoms with E-state index >= 15 is 0 Å². The van der Waals surface area contributed by atoms with Gasteiger partial charge in [-0.15, -0.1) is 0 Å². The largest absolute Gasteiger partial charge is 0.381 e. The van der Waals surface area contributed by atoms with Gasteiger partial charge < -0.3 is 15.0 Å². The molecule has 0 unspecified atom stereocenters. The highest BCUT2D eigenvalue weighted by atomic mass is 16.5. The zero-order chi connectivity index (χ0) is 16.9. The summed E-state index contributed by atoms with van der Waals surface area (Å²) in [5, 5.41) is 5.93. The zero-order valence-electron chi connectivity index (χ0n) is 14.7. The van der Waals surface area contributed by atoms with Gasteiger partial charge in [-0.2, -0.15) is 0 Å². The highest BCUT2D eigenvalue weighted by Crippen LogP contribution is 2.18. The second-order valence-electron chi connectivity index (χ2n) is 7.07. The summed E-state index contributed by atoms with van der Waals surface area (Å²) in [5.41, 5.74) is 2.01. The number of piperidine rings is 1. The van der Waals surface area contributed by atoms with E-state index in [1.807, 2.05) is 26.0 Å². The van der Waals surface area contributed by atoms with Crippen LogP contribution in [0.25, 0.3) is 0 Å². The van der Waals surface area contributed by atoms with Crippen LogP contribution in [0, 0.1) is 19.8 Å². The number of aryl methyl sites for hydroxylation is 2. The van der Waals surface area contributed by atoms with Gasteiger partial charge in [0.2, 0.25) is 0 Å². The lowest BCUT2D eigenvalue weighted by Gasteiger charge is -2.33. The number of rotatable bonds is 4. The van der Waals surface area contributed by atoms with Crippen molar-refractivity contribution in [3.63, 3.8) is 0 Å². The number of likely N-dealkylation sites (tertiary alicyclic amines) is 1. The third-order valence-electron chi connectivity index (χ3n) is 4.80. The first kappa shape index (κ1) is 17.2. The standard InChI is InChI=1S/C18H28N4O2/c1-13-9-14(2)19-17(10-13)21-18(23)20-16-3-6-22(7-4-16)11-15-5-8-24-12-15/h9-10,15-16H,3-8,11-12H2,1-2H3,(H2,19,20,21,23)/t15-/m0/s1. The number of hydrogen-bond donors (Lipinski definition) is 2. The van der Waals surface area contributed by atoms with Crippen molar-refractivity contribution in [3.05, 3.63) is 23.4 Å². The van der Waals surface area contributed by atoms with Crippen LogP contribution >= 0.6 is 0 Å². The van der Waals surface area contributed by atoms with Gasteiger partial charge in [-0.1, -0.05) is 0 Å². The molecule has 0 bridgehead atoms. The first-order valence-electron chi connectivity index (χ1n) is 8.91. The number of hydrogen-bond acceptors (Lipinski definition) is 4. The van der Waals surface area contributed by atoms with Crippen molar-refractivity contribution in [1.29, 1.82) is 0 Å². The van der Waals surface area contributed by atoms with Gasteiger partial charge in [0.1, 0.15) is 5.82 Å². The van der Waals surface area contributed by atoms with Crippen LogP contribution in [0.4, 0.5) is 10.6 Å². The molecule has 24 heavy (non-hydrogen) atoms. The first-order chi connectivity index (χ1) is 11.6. The van der Waals surface area contributed by atoms with E-state index in [0.29, 0.717) is 11.7 Å². The molecule has 2 N–H and O–H groups in total. The number of urea groups is 1. The number of nitrogens with one attached hydrogen (secondary N) is 2. The fourth-order valence-corrected chi connectivity index (χ4v) is 3.60. The number of carbonyl (C=O) groups excluding carboxylic acids is 1. The predicted molar refractivity (Wildman–Crippen MR) is 94.3 cm³/mol. The molecule has 2 saturated heterocycles. The van der Waals surface area contributed by atoms with Crippen molar-refractivity contribution < 1.29 is 9.53 Å². The van der Waals surface area contributed by atoms with E-state index in [-0.39, 0.29) is 12.1 Å². The van der Waals surface area contributed by atoms with Gasteiger partial charge in [-0.05, 0) is 56.7 Å². The lowest BCUT2D eigenvalue weighted by atomic mass is 10.0. The summed E-state index contributed by atoms with van der Waals surface area (Å²) in [5.74, 6) is 1.30. The van der Waals surface area contributed by atoms with Crippen molar-refractivity contribution in [2.45, 2.75) is 39.2 Å². The van der Waals surface area contributed by atoms with Gasteiger partial charge in [0.25, 0.3) is 0 Å². The number of ether oxygens (including phenoxy) is 1. The molecule has 2 fully saturated rings. The summed E-state index contributed by atoms with van der Waals surface area (Å²) in [4.78, 5) is 19.0. The smallest absolute Gasteiger partial charge is 0.320 e. The maximum atomic E-state index is 12.2. The molecule has 6 nitrogen and oxygen atoms in total. The summed E-state index contributed by atoms with van der Waals surface area (Å²) in [6.45, 7) is 8.97. The number of amides is 2. The van der Waals surface area contributed by atoms with E-state index in [0.717, 1.165) is 56.9 Å². The van der Waals surface area contributed by atoms with Crippen LogP contribution in [0.5, 0.6) is 0 Å². The molecule has 0 radical (unpaired) electrons. The average Bonchev–Trinajstić information content (AvgIpc) is 3.01. The number of anilines is 1. The van der Waals surface area contributed by atoms with E-state index < -0.39 is 0 Å². The molecule has 2 amide bonds. The summed E-state index contributed by atoms with van der Waals surface area (Å²) in [6.07, 6.45) is 3.19. The lowest BCUT2D eigenvalue weighted by Crippen LogP contribution is -2.47. The number of nitrogens with zero attached hydrogens (tertiary/aromatic N) is 2. The van der Waals surface area contributed by atoms with Gasteiger partial charge in [-0.3, -0.25) is 5.32 Å². The average molecular weight is 332 g/mol. The van der Waals surface area contributed by atoms with Crippen LogP contribution in [-0.2, 0) is 4.74 Å². The van der Waals surface area contributed by atoms with Gasteiger partial charge in [0, 0.05) is 38.0 Å². The van der Waals surface area contributed by atoms with Crippen LogP contribution in [0.2, 0.25) is 0 Å². The maximum Gasteiger partial charge on any atom is 0.320 e. The van der Waals surface area contributed by atoms with Crippen LogP contribution in [0.3, 0.4) is 0 Å². The summed E-state index contributed by atoms with van der Waals surface area (Å²) < 4.78 is 5.45. The van der Waals surface area contributed by atoms with Gasteiger partial charge in [-0.25, -0.2) is 9.78 Å². The maximum absolute atomic E-state index is 12.2. The Balaban J connectivity index is 1.41. The molecule has 132 valence electrons. The fraction of sp³-hybridized carbons (Fsp3) is 0.667. The van der Waals surface area contributed by atoms with Crippen LogP contribution in [0.1, 0.15) is 30.5 Å². The summed E-state index contributed by atoms with van der Waals surface area (Å²) >= 11 is 0. The Hall–Kier alpha value is -1.66. The monoisotopic (exact) mass is 332 g/mol. The topological polar surface area (TPSA) is 66.5 Å². The van der Waals surface area contributed by atoms with E-state index in [1.165, 1.54) is 6.42 Å². The normalized spacial score (nSPS) is 22.5. The predicted octanol–water partition coefficient (Wildman–Crippen LogP) is 2.32. The molecular weight excluding hydrogens is 304 g/mol. The van der Waals surface area contributed by atoms with E-state index in [9.17, 15) is 4.79 Å². The lowest BCUT2D eigenvalue weighted by molar-refractivity contribution is 0.148. The molecule has 0 aliphatic carbocycles. The molecule has 2 aliphatic heterocycles. The molecule has 0 spiro atoms.